The summed E-state index contributed by atoms with van der Waals surface area (Å²) in [6, 6.07) is 64.3. The molecule has 10 rings (SSSR count). The van der Waals surface area contributed by atoms with Crippen LogP contribution in [-0.4, -0.2) is 14.5 Å². The fourth-order valence-electron chi connectivity index (χ4n) is 7.86. The average Bonchev–Trinajstić information content (AvgIpc) is 3.58. The van der Waals surface area contributed by atoms with Gasteiger partial charge in [-0.15, -0.1) is 0 Å². The van der Waals surface area contributed by atoms with E-state index < -0.39 is 0 Å². The molecule has 2 aromatic heterocycles. The predicted molar refractivity (Wildman–Crippen MR) is 225 cm³/mol. The Bertz CT molecular complexity index is 2790. The number of hydrogen-bond acceptors (Lipinski definition) is 3. The smallest absolute Gasteiger partial charge is 0.0973 e. The lowest BCUT2D eigenvalue weighted by Crippen LogP contribution is -2.09. The molecule has 0 atom stereocenters. The van der Waals surface area contributed by atoms with Crippen molar-refractivity contribution in [2.24, 2.45) is 0 Å². The minimum atomic E-state index is 0.883. The van der Waals surface area contributed by atoms with Crippen LogP contribution in [-0.2, 0) is 6.42 Å². The molecule has 2 heterocycles. The number of fused-ring (bicyclic) bond motifs is 4. The van der Waals surface area contributed by atoms with E-state index in [0.29, 0.717) is 0 Å². The second-order valence-electron chi connectivity index (χ2n) is 13.7. The zero-order chi connectivity index (χ0) is 35.8. The molecule has 0 radical (unpaired) electrons. The highest BCUT2D eigenvalue weighted by atomic mass is 15.1. The van der Waals surface area contributed by atoms with E-state index in [1.165, 1.54) is 27.8 Å². The lowest BCUT2D eigenvalue weighted by Gasteiger charge is -2.26. The molecular weight excluding hydrogens is 657 g/mol. The molecule has 54 heavy (non-hydrogen) atoms. The lowest BCUT2D eigenvalue weighted by atomic mass is 9.99. The third-order valence-electron chi connectivity index (χ3n) is 10.5. The van der Waals surface area contributed by atoms with Crippen molar-refractivity contribution in [3.05, 3.63) is 199 Å². The minimum absolute atomic E-state index is 0.883. The summed E-state index contributed by atoms with van der Waals surface area (Å²) >= 11 is 0. The standard InChI is InChI=1S/C50H36N4/c1-4-14-37(15-5-1)49-50(52-46-22-12-11-21-45(46)51-49)38-26-24-35(25-27-38)36-28-30-41(31-29-36)53(39-16-6-2-7-17-39)42-32-33-48-44(34-42)43-20-10-13-23-47(43)54(48)40-18-8-3-9-19-40/h1-9,11-19,21-34H,10,20H2. The van der Waals surface area contributed by atoms with Gasteiger partial charge < -0.3 is 9.47 Å². The van der Waals surface area contributed by atoms with Crippen LogP contribution >= 0.6 is 0 Å². The number of nitrogens with zero attached hydrogens (tertiary/aromatic N) is 4. The zero-order valence-corrected chi connectivity index (χ0v) is 29.7. The van der Waals surface area contributed by atoms with Gasteiger partial charge >= 0.3 is 0 Å². The van der Waals surface area contributed by atoms with E-state index in [9.17, 15) is 0 Å². The van der Waals surface area contributed by atoms with Crippen LogP contribution in [0.2, 0.25) is 0 Å². The summed E-state index contributed by atoms with van der Waals surface area (Å²) in [6.45, 7) is 0. The highest BCUT2D eigenvalue weighted by molar-refractivity contribution is 5.95. The van der Waals surface area contributed by atoms with Gasteiger partial charge in [0.1, 0.15) is 0 Å². The number of benzene rings is 7. The minimum Gasteiger partial charge on any atom is -0.310 e. The van der Waals surface area contributed by atoms with Gasteiger partial charge in [0.25, 0.3) is 0 Å². The topological polar surface area (TPSA) is 34.0 Å². The summed E-state index contributed by atoms with van der Waals surface area (Å²) in [5, 5.41) is 1.31. The maximum atomic E-state index is 5.10. The normalized spacial score (nSPS) is 12.2. The van der Waals surface area contributed by atoms with Crippen LogP contribution in [0, 0.1) is 0 Å². The summed E-state index contributed by atoms with van der Waals surface area (Å²) in [5.41, 5.74) is 16.4. The van der Waals surface area contributed by atoms with Gasteiger partial charge in [-0.3, -0.25) is 0 Å². The van der Waals surface area contributed by atoms with Gasteiger partial charge in [-0.2, -0.15) is 0 Å². The van der Waals surface area contributed by atoms with Crippen molar-refractivity contribution in [2.45, 2.75) is 12.8 Å². The first kappa shape index (κ1) is 31.7. The average molecular weight is 693 g/mol. The number of hydrogen-bond donors (Lipinski definition) is 0. The molecule has 0 unspecified atom stereocenters. The maximum absolute atomic E-state index is 5.10. The molecule has 0 fully saturated rings. The molecular formula is C50H36N4. The van der Waals surface area contributed by atoms with Crippen LogP contribution in [0.3, 0.4) is 0 Å². The molecule has 0 saturated heterocycles. The number of aryl methyl sites for hydroxylation is 1. The van der Waals surface area contributed by atoms with Crippen molar-refractivity contribution in [1.82, 2.24) is 14.5 Å². The van der Waals surface area contributed by atoms with Gasteiger partial charge in [0.2, 0.25) is 0 Å². The Labute approximate surface area is 315 Å². The molecule has 0 saturated carbocycles. The van der Waals surface area contributed by atoms with Gasteiger partial charge in [-0.05, 0) is 102 Å². The SMILES string of the molecule is C1=Cc2c(c3cc(N(c4ccccc4)c4ccc(-c5ccc(-c6nc7ccccc7nc6-c6ccccc6)cc5)cc4)ccc3n2-c2ccccc2)CC1. The number of rotatable bonds is 7. The molecule has 1 aliphatic rings. The van der Waals surface area contributed by atoms with Gasteiger partial charge in [-0.1, -0.05) is 121 Å². The number of aromatic nitrogens is 3. The van der Waals surface area contributed by atoms with Gasteiger partial charge in [0.05, 0.1) is 27.9 Å². The van der Waals surface area contributed by atoms with Crippen LogP contribution < -0.4 is 4.90 Å². The number of allylic oxidation sites excluding steroid dienone is 1. The second kappa shape index (κ2) is 13.5. The highest BCUT2D eigenvalue weighted by Crippen LogP contribution is 2.41. The zero-order valence-electron chi connectivity index (χ0n) is 29.7. The molecule has 0 bridgehead atoms. The monoisotopic (exact) mass is 692 g/mol. The largest absolute Gasteiger partial charge is 0.310 e. The highest BCUT2D eigenvalue weighted by Gasteiger charge is 2.21. The van der Waals surface area contributed by atoms with Crippen molar-refractivity contribution < 1.29 is 0 Å². The summed E-state index contributed by atoms with van der Waals surface area (Å²) in [4.78, 5) is 12.5. The third kappa shape index (κ3) is 5.65. The summed E-state index contributed by atoms with van der Waals surface area (Å²) in [7, 11) is 0. The maximum Gasteiger partial charge on any atom is 0.0973 e. The molecule has 9 aromatic rings. The molecule has 0 N–H and O–H groups in total. The predicted octanol–water partition coefficient (Wildman–Crippen LogP) is 13.0. The Morgan fingerprint density at radius 3 is 1.65 bits per heavy atom. The Hall–Kier alpha value is -7.04. The molecule has 4 nitrogen and oxygen atoms in total. The summed E-state index contributed by atoms with van der Waals surface area (Å²) in [6.07, 6.45) is 6.68. The third-order valence-corrected chi connectivity index (χ3v) is 10.5. The Morgan fingerprint density at radius 1 is 0.463 bits per heavy atom. The molecule has 0 aliphatic heterocycles. The van der Waals surface area contributed by atoms with E-state index in [4.69, 9.17) is 9.97 Å². The number of anilines is 3. The van der Waals surface area contributed by atoms with Crippen molar-refractivity contribution in [3.63, 3.8) is 0 Å². The van der Waals surface area contributed by atoms with Crippen LogP contribution in [0.15, 0.2) is 188 Å². The molecule has 7 aromatic carbocycles. The fraction of sp³-hybridized carbons (Fsp3) is 0.0400. The van der Waals surface area contributed by atoms with Gasteiger partial charge in [0.15, 0.2) is 0 Å². The summed E-state index contributed by atoms with van der Waals surface area (Å²) < 4.78 is 2.41. The molecule has 4 heteroatoms. The fourth-order valence-corrected chi connectivity index (χ4v) is 7.86. The Kier molecular flexibility index (Phi) is 7.92. The Balaban J connectivity index is 1.01. The van der Waals surface area contributed by atoms with Crippen LogP contribution in [0.5, 0.6) is 0 Å². The molecule has 0 amide bonds. The van der Waals surface area contributed by atoms with E-state index in [1.807, 2.05) is 42.5 Å². The van der Waals surface area contributed by atoms with Crippen molar-refractivity contribution in [1.29, 1.82) is 0 Å². The molecule has 1 aliphatic carbocycles. The summed E-state index contributed by atoms with van der Waals surface area (Å²) in [5.74, 6) is 0. The van der Waals surface area contributed by atoms with Crippen LogP contribution in [0.25, 0.3) is 67.3 Å². The number of para-hydroxylation sites is 4. The lowest BCUT2D eigenvalue weighted by molar-refractivity contribution is 0.967. The van der Waals surface area contributed by atoms with Gasteiger partial charge in [-0.25, -0.2) is 9.97 Å². The Morgan fingerprint density at radius 2 is 0.981 bits per heavy atom. The van der Waals surface area contributed by atoms with E-state index in [2.05, 4.69) is 161 Å². The van der Waals surface area contributed by atoms with Crippen LogP contribution in [0.4, 0.5) is 17.1 Å². The van der Waals surface area contributed by atoms with E-state index in [0.717, 1.165) is 74.6 Å². The quantitative estimate of drug-likeness (QED) is 0.167. The van der Waals surface area contributed by atoms with Gasteiger partial charge in [0, 0.05) is 45.0 Å². The molecule has 0 spiro atoms. The van der Waals surface area contributed by atoms with E-state index in [-0.39, 0.29) is 0 Å². The first-order valence-electron chi connectivity index (χ1n) is 18.6. The first-order valence-corrected chi connectivity index (χ1v) is 18.6. The van der Waals surface area contributed by atoms with E-state index in [1.54, 1.807) is 0 Å². The first-order chi connectivity index (χ1) is 26.8. The van der Waals surface area contributed by atoms with E-state index >= 15 is 0 Å². The van der Waals surface area contributed by atoms with Crippen molar-refractivity contribution in [2.75, 3.05) is 4.90 Å². The van der Waals surface area contributed by atoms with Crippen molar-refractivity contribution >= 4 is 45.1 Å². The second-order valence-corrected chi connectivity index (χ2v) is 13.7. The van der Waals surface area contributed by atoms with Crippen LogP contribution in [0.1, 0.15) is 17.7 Å². The molecule has 256 valence electrons. The van der Waals surface area contributed by atoms with Crippen molar-refractivity contribution in [3.8, 4) is 39.3 Å².